The molecule has 1 aliphatic heterocycles. The van der Waals surface area contributed by atoms with Gasteiger partial charge in [0.2, 0.25) is 34.8 Å². The Morgan fingerprint density at radius 3 is 1.70 bits per heavy atom. The van der Waals surface area contributed by atoms with Crippen LogP contribution in [-0.4, -0.2) is 126 Å². The molecule has 1 aromatic rings. The minimum atomic E-state index is -3.49. The van der Waals surface area contributed by atoms with Gasteiger partial charge in [0.25, 0.3) is 0 Å². The molecule has 0 saturated carbocycles. The molecule has 2 rings (SSSR count). The number of aliphatic hydroxyl groups excluding tert-OH is 3. The molecule has 0 aliphatic carbocycles. The Labute approximate surface area is 268 Å². The van der Waals surface area contributed by atoms with Crippen molar-refractivity contribution in [2.75, 3.05) is 59.0 Å². The van der Waals surface area contributed by atoms with Gasteiger partial charge in [-0.3, -0.25) is 4.79 Å². The monoisotopic (exact) mass is 706 g/mol. The standard InChI is InChI=1S/C29H40F5O12P/c1-3-4-18-26(36)28(38)27(37)19(45-18)7-16-47(39,40)17(2)5-8-41-10-12-43-14-15-44-13-11-42-9-6-20(35)46-29-24(33)22(31)21(30)23(32)25(29)34/h1,18-19,26-28,36-40H,4-16H2,2H3/t18-,19-,26-,27-,28-/m1/s1. The van der Waals surface area contributed by atoms with Crippen LogP contribution in [-0.2, 0) is 28.5 Å². The maximum absolute atomic E-state index is 13.5. The van der Waals surface area contributed by atoms with Crippen molar-refractivity contribution >= 4 is 18.6 Å². The molecular weight excluding hydrogens is 666 g/mol. The predicted molar refractivity (Wildman–Crippen MR) is 156 cm³/mol. The Morgan fingerprint density at radius 1 is 0.745 bits per heavy atom. The van der Waals surface area contributed by atoms with Crippen LogP contribution in [0.3, 0.4) is 0 Å². The van der Waals surface area contributed by atoms with Gasteiger partial charge in [0.05, 0.1) is 71.5 Å². The smallest absolute Gasteiger partial charge is 0.313 e. The predicted octanol–water partition coefficient (Wildman–Crippen LogP) is 1.42. The lowest BCUT2D eigenvalue weighted by Crippen LogP contribution is -2.57. The molecule has 0 bridgehead atoms. The Bertz CT molecular complexity index is 1230. The van der Waals surface area contributed by atoms with E-state index in [0.717, 1.165) is 0 Å². The fraction of sp³-hybridized carbons (Fsp3) is 0.655. The summed E-state index contributed by atoms with van der Waals surface area (Å²) in [7, 11) is -3.49. The van der Waals surface area contributed by atoms with E-state index in [2.05, 4.69) is 10.7 Å². The highest BCUT2D eigenvalue weighted by Crippen LogP contribution is 2.42. The number of ether oxygens (including phenoxy) is 6. The summed E-state index contributed by atoms with van der Waals surface area (Å²) >= 11 is 0. The highest BCUT2D eigenvalue weighted by Gasteiger charge is 2.43. The number of rotatable bonds is 20. The van der Waals surface area contributed by atoms with E-state index < -0.39 is 85.1 Å². The molecule has 47 heavy (non-hydrogen) atoms. The average molecular weight is 707 g/mol. The van der Waals surface area contributed by atoms with Gasteiger partial charge in [0.15, 0.2) is 0 Å². The molecule has 0 unspecified atom stereocenters. The van der Waals surface area contributed by atoms with Crippen molar-refractivity contribution < 1.29 is 80.3 Å². The van der Waals surface area contributed by atoms with E-state index in [1.54, 1.807) is 6.92 Å². The fourth-order valence-electron chi connectivity index (χ4n) is 4.20. The van der Waals surface area contributed by atoms with Crippen LogP contribution in [0.1, 0.15) is 32.6 Å². The number of aliphatic hydroxyl groups is 3. The second kappa shape index (κ2) is 20.3. The minimum absolute atomic E-state index is 0.0206. The zero-order valence-electron chi connectivity index (χ0n) is 25.6. The van der Waals surface area contributed by atoms with Crippen molar-refractivity contribution in [3.05, 3.63) is 29.1 Å². The molecular formula is C29H40F5O12P. The number of terminal acetylenes is 1. The van der Waals surface area contributed by atoms with Crippen molar-refractivity contribution in [3.63, 3.8) is 0 Å². The van der Waals surface area contributed by atoms with E-state index in [1.807, 2.05) is 0 Å². The number of hydrogen-bond acceptors (Lipinski definition) is 12. The number of esters is 1. The first-order valence-corrected chi connectivity index (χ1v) is 16.4. The summed E-state index contributed by atoms with van der Waals surface area (Å²) in [4.78, 5) is 32.8. The van der Waals surface area contributed by atoms with Gasteiger partial charge in [-0.25, -0.2) is 13.2 Å². The normalized spacial score (nSPS) is 21.4. The second-order valence-corrected chi connectivity index (χ2v) is 13.1. The highest BCUT2D eigenvalue weighted by atomic mass is 31.2. The highest BCUT2D eigenvalue weighted by molar-refractivity contribution is 7.65. The van der Waals surface area contributed by atoms with Crippen LogP contribution < -0.4 is 4.74 Å². The average Bonchev–Trinajstić information content (AvgIpc) is 3.04. The van der Waals surface area contributed by atoms with Crippen molar-refractivity contribution in [2.45, 2.75) is 63.1 Å². The third-order valence-corrected chi connectivity index (χ3v) is 9.36. The molecule has 0 radical (unpaired) electrons. The van der Waals surface area contributed by atoms with Gasteiger partial charge in [-0.05, 0) is 25.1 Å². The molecule has 1 aromatic carbocycles. The van der Waals surface area contributed by atoms with E-state index in [4.69, 9.17) is 30.1 Å². The second-order valence-electron chi connectivity index (χ2n) is 10.4. The molecule has 1 aliphatic rings. The Kier molecular flexibility index (Phi) is 17.7. The zero-order valence-corrected chi connectivity index (χ0v) is 26.5. The molecule has 0 amide bonds. The zero-order chi connectivity index (χ0) is 35.1. The minimum Gasteiger partial charge on any atom is -0.420 e. The summed E-state index contributed by atoms with van der Waals surface area (Å²) < 4.78 is 97.4. The van der Waals surface area contributed by atoms with Gasteiger partial charge in [-0.1, -0.05) is 0 Å². The van der Waals surface area contributed by atoms with Gasteiger partial charge < -0.3 is 53.5 Å². The van der Waals surface area contributed by atoms with Gasteiger partial charge in [-0.15, -0.1) is 12.3 Å². The quantitative estimate of drug-likeness (QED) is 0.0193. The van der Waals surface area contributed by atoms with E-state index >= 15 is 0 Å². The van der Waals surface area contributed by atoms with Gasteiger partial charge in [0, 0.05) is 12.6 Å². The van der Waals surface area contributed by atoms with Crippen LogP contribution in [0.4, 0.5) is 22.0 Å². The number of carbonyl (C=O) groups excluding carboxylic acids is 1. The van der Waals surface area contributed by atoms with Crippen LogP contribution >= 0.6 is 7.34 Å². The van der Waals surface area contributed by atoms with E-state index in [0.29, 0.717) is 5.29 Å². The van der Waals surface area contributed by atoms with Crippen molar-refractivity contribution in [1.82, 2.24) is 0 Å². The van der Waals surface area contributed by atoms with Crippen LogP contribution in [0.5, 0.6) is 5.75 Å². The molecule has 12 nitrogen and oxygen atoms in total. The first-order valence-electron chi connectivity index (χ1n) is 14.6. The van der Waals surface area contributed by atoms with Crippen molar-refractivity contribution in [3.8, 4) is 18.1 Å². The van der Waals surface area contributed by atoms with Gasteiger partial charge in [-0.2, -0.15) is 8.78 Å². The number of benzene rings is 1. The maximum Gasteiger partial charge on any atom is 0.313 e. The van der Waals surface area contributed by atoms with E-state index in [9.17, 15) is 51.9 Å². The fourth-order valence-corrected chi connectivity index (χ4v) is 5.65. The van der Waals surface area contributed by atoms with Crippen LogP contribution in [0.15, 0.2) is 0 Å². The lowest BCUT2D eigenvalue weighted by Gasteiger charge is -2.40. The molecule has 1 saturated heterocycles. The van der Waals surface area contributed by atoms with Crippen molar-refractivity contribution in [1.29, 1.82) is 0 Å². The molecule has 5 atom stereocenters. The molecule has 1 heterocycles. The largest absolute Gasteiger partial charge is 0.420 e. The summed E-state index contributed by atoms with van der Waals surface area (Å²) in [6, 6.07) is 0. The van der Waals surface area contributed by atoms with Crippen LogP contribution in [0.25, 0.3) is 0 Å². The SMILES string of the molecule is C#CC[C@H]1O[C@H](CCP(O)(O)=C(C)CCOCCOCCOCCOCCC(=O)Oc2c(F)c(F)c(F)c(F)c2F)[C@@H](O)[C@H](O)[C@@H]1O. The third kappa shape index (κ3) is 12.6. The van der Waals surface area contributed by atoms with E-state index in [-0.39, 0.29) is 78.3 Å². The first kappa shape index (κ1) is 41.0. The summed E-state index contributed by atoms with van der Waals surface area (Å²) in [5, 5.41) is 30.7. The number of halogens is 5. The first-order chi connectivity index (χ1) is 22.2. The lowest BCUT2D eigenvalue weighted by molar-refractivity contribution is -0.220. The molecule has 0 spiro atoms. The molecule has 18 heteroatoms. The van der Waals surface area contributed by atoms with Crippen LogP contribution in [0.2, 0.25) is 0 Å². The van der Waals surface area contributed by atoms with Gasteiger partial charge >= 0.3 is 5.97 Å². The number of hydrogen-bond donors (Lipinski definition) is 5. The van der Waals surface area contributed by atoms with Crippen molar-refractivity contribution in [2.24, 2.45) is 0 Å². The Hall–Kier alpha value is -2.20. The maximum atomic E-state index is 13.5. The van der Waals surface area contributed by atoms with Crippen LogP contribution in [0, 0.1) is 41.4 Å². The summed E-state index contributed by atoms with van der Waals surface area (Å²) in [5.41, 5.74) is 0. The van der Waals surface area contributed by atoms with E-state index in [1.165, 1.54) is 0 Å². The van der Waals surface area contributed by atoms with Gasteiger partial charge in [0.1, 0.15) is 25.7 Å². The third-order valence-electron chi connectivity index (χ3n) is 7.03. The lowest BCUT2D eigenvalue weighted by atomic mass is 9.92. The summed E-state index contributed by atoms with van der Waals surface area (Å²) in [6.45, 7) is 2.50. The molecule has 1 fully saturated rings. The number of carbonyl (C=O) groups is 1. The Balaban J connectivity index is 1.51. The molecule has 5 N–H and O–H groups in total. The summed E-state index contributed by atoms with van der Waals surface area (Å²) in [5.74, 6) is -12.0. The molecule has 0 aromatic heterocycles. The summed E-state index contributed by atoms with van der Waals surface area (Å²) in [6.07, 6.45) is -1.11. The Morgan fingerprint density at radius 2 is 1.19 bits per heavy atom. The topological polar surface area (TPSA) is 174 Å². The molecule has 268 valence electrons.